The highest BCUT2D eigenvalue weighted by Crippen LogP contribution is 2.27. The van der Waals surface area contributed by atoms with Crippen molar-refractivity contribution in [1.29, 1.82) is 0 Å². The van der Waals surface area contributed by atoms with Gasteiger partial charge in [-0.2, -0.15) is 0 Å². The number of hydrogen-bond donors (Lipinski definition) is 1. The van der Waals surface area contributed by atoms with Crippen molar-refractivity contribution in [2.75, 3.05) is 0 Å². The monoisotopic (exact) mass is 212 g/mol. The van der Waals surface area contributed by atoms with E-state index in [-0.39, 0.29) is 12.2 Å². The second-order valence-corrected chi connectivity index (χ2v) is 4.69. The van der Waals surface area contributed by atoms with E-state index in [4.69, 9.17) is 5.11 Å². The quantitative estimate of drug-likeness (QED) is 0.762. The van der Waals surface area contributed by atoms with Gasteiger partial charge in [-0.3, -0.25) is 9.59 Å². The summed E-state index contributed by atoms with van der Waals surface area (Å²) >= 11 is 0. The summed E-state index contributed by atoms with van der Waals surface area (Å²) in [6, 6.07) is 0. The van der Waals surface area contributed by atoms with Gasteiger partial charge in [-0.05, 0) is 5.92 Å². The summed E-state index contributed by atoms with van der Waals surface area (Å²) < 4.78 is 0. The van der Waals surface area contributed by atoms with Crippen molar-refractivity contribution in [1.82, 2.24) is 0 Å². The Kier molecular flexibility index (Phi) is 4.79. The lowest BCUT2D eigenvalue weighted by Gasteiger charge is -2.20. The molecule has 1 saturated carbocycles. The lowest BCUT2D eigenvalue weighted by molar-refractivity contribution is -0.143. The molecule has 0 bridgehead atoms. The number of hydrogen-bond acceptors (Lipinski definition) is 2. The highest BCUT2D eigenvalue weighted by molar-refractivity contribution is 5.83. The van der Waals surface area contributed by atoms with Gasteiger partial charge >= 0.3 is 5.97 Å². The fourth-order valence-electron chi connectivity index (χ4n) is 2.23. The molecule has 1 unspecified atom stereocenters. The third kappa shape index (κ3) is 4.45. The molecule has 0 spiro atoms. The summed E-state index contributed by atoms with van der Waals surface area (Å²) in [5.41, 5.74) is 0. The van der Waals surface area contributed by atoms with E-state index in [1.54, 1.807) is 6.92 Å². The minimum absolute atomic E-state index is 0.122. The molecule has 15 heavy (non-hydrogen) atoms. The molecule has 1 aliphatic rings. The zero-order valence-corrected chi connectivity index (χ0v) is 9.37. The molecule has 3 heteroatoms. The van der Waals surface area contributed by atoms with Crippen LogP contribution in [-0.4, -0.2) is 16.9 Å². The molecule has 0 aliphatic heterocycles. The molecule has 1 aliphatic carbocycles. The fourth-order valence-corrected chi connectivity index (χ4v) is 2.23. The van der Waals surface area contributed by atoms with Crippen LogP contribution in [0, 0.1) is 11.8 Å². The van der Waals surface area contributed by atoms with Gasteiger partial charge in [0, 0.05) is 12.8 Å². The molecule has 1 rings (SSSR count). The Balaban J connectivity index is 2.25. The van der Waals surface area contributed by atoms with Crippen LogP contribution in [0.15, 0.2) is 0 Å². The first-order valence-corrected chi connectivity index (χ1v) is 5.84. The van der Waals surface area contributed by atoms with Gasteiger partial charge in [0.05, 0.1) is 5.92 Å². The smallest absolute Gasteiger partial charge is 0.306 e. The van der Waals surface area contributed by atoms with Crippen LogP contribution in [0.1, 0.15) is 51.9 Å². The molecule has 86 valence electrons. The van der Waals surface area contributed by atoms with Gasteiger partial charge in [0.2, 0.25) is 0 Å². The second-order valence-electron chi connectivity index (χ2n) is 4.69. The average Bonchev–Trinajstić information content (AvgIpc) is 2.18. The molecule has 0 aromatic carbocycles. The molecule has 0 saturated heterocycles. The second kappa shape index (κ2) is 5.89. The van der Waals surface area contributed by atoms with Crippen molar-refractivity contribution >= 4 is 11.8 Å². The van der Waals surface area contributed by atoms with Gasteiger partial charge in [0.25, 0.3) is 0 Å². The van der Waals surface area contributed by atoms with Gasteiger partial charge < -0.3 is 5.11 Å². The van der Waals surface area contributed by atoms with E-state index in [2.05, 4.69) is 0 Å². The highest BCUT2D eigenvalue weighted by Gasteiger charge is 2.20. The zero-order valence-electron chi connectivity index (χ0n) is 9.37. The molecule has 1 fully saturated rings. The number of ketones is 1. The Morgan fingerprint density at radius 2 is 1.87 bits per heavy atom. The first kappa shape index (κ1) is 12.2. The molecule has 0 amide bonds. The molecule has 0 heterocycles. The molecule has 3 nitrogen and oxygen atoms in total. The average molecular weight is 212 g/mol. The van der Waals surface area contributed by atoms with Crippen molar-refractivity contribution in [3.05, 3.63) is 0 Å². The van der Waals surface area contributed by atoms with Gasteiger partial charge in [-0.25, -0.2) is 0 Å². The van der Waals surface area contributed by atoms with E-state index >= 15 is 0 Å². The predicted octanol–water partition coefficient (Wildman–Crippen LogP) is 2.64. The summed E-state index contributed by atoms with van der Waals surface area (Å²) in [6.45, 7) is 1.60. The summed E-state index contributed by atoms with van der Waals surface area (Å²) in [4.78, 5) is 22.1. The lowest BCUT2D eigenvalue weighted by atomic mass is 9.84. The third-order valence-electron chi connectivity index (χ3n) is 3.20. The third-order valence-corrected chi connectivity index (χ3v) is 3.20. The SMILES string of the molecule is CC(CC(=O)CC1CCCCC1)C(=O)O. The Labute approximate surface area is 90.9 Å². The van der Waals surface area contributed by atoms with Crippen molar-refractivity contribution in [2.45, 2.75) is 51.9 Å². The van der Waals surface area contributed by atoms with Crippen molar-refractivity contribution in [3.63, 3.8) is 0 Å². The maximum absolute atomic E-state index is 11.6. The number of carboxylic acids is 1. The van der Waals surface area contributed by atoms with Crippen LogP contribution in [0.2, 0.25) is 0 Å². The van der Waals surface area contributed by atoms with Crippen LogP contribution < -0.4 is 0 Å². The van der Waals surface area contributed by atoms with Gasteiger partial charge in [0.15, 0.2) is 0 Å². The van der Waals surface area contributed by atoms with Gasteiger partial charge in [0.1, 0.15) is 5.78 Å². The zero-order chi connectivity index (χ0) is 11.3. The molecule has 0 radical (unpaired) electrons. The Hall–Kier alpha value is -0.860. The topological polar surface area (TPSA) is 54.4 Å². The number of aliphatic carboxylic acids is 1. The lowest BCUT2D eigenvalue weighted by Crippen LogP contribution is -2.18. The van der Waals surface area contributed by atoms with Crippen LogP contribution in [-0.2, 0) is 9.59 Å². The number of carboxylic acid groups (broad SMARTS) is 1. The standard InChI is InChI=1S/C12H20O3/c1-9(12(14)15)7-11(13)8-10-5-3-2-4-6-10/h9-10H,2-8H2,1H3,(H,14,15). The molecule has 0 aromatic rings. The summed E-state index contributed by atoms with van der Waals surface area (Å²) in [7, 11) is 0. The highest BCUT2D eigenvalue weighted by atomic mass is 16.4. The van der Waals surface area contributed by atoms with Crippen molar-refractivity contribution in [3.8, 4) is 0 Å². The maximum atomic E-state index is 11.6. The van der Waals surface area contributed by atoms with Crippen LogP contribution in [0.5, 0.6) is 0 Å². The minimum Gasteiger partial charge on any atom is -0.481 e. The summed E-state index contributed by atoms with van der Waals surface area (Å²) in [6.07, 6.45) is 6.83. The molecule has 1 N–H and O–H groups in total. The minimum atomic E-state index is -0.869. The summed E-state index contributed by atoms with van der Waals surface area (Å²) in [5, 5.41) is 8.68. The van der Waals surface area contributed by atoms with E-state index in [9.17, 15) is 9.59 Å². The first-order chi connectivity index (χ1) is 7.09. The number of Topliss-reactive ketones (excluding diaryl/α,β-unsaturated/α-hetero) is 1. The predicted molar refractivity (Wildman–Crippen MR) is 57.6 cm³/mol. The summed E-state index contributed by atoms with van der Waals surface area (Å²) in [5.74, 6) is -0.753. The molecule has 0 aromatic heterocycles. The van der Waals surface area contributed by atoms with E-state index in [0.29, 0.717) is 12.3 Å². The molecular weight excluding hydrogens is 192 g/mol. The van der Waals surface area contributed by atoms with Crippen LogP contribution in [0.3, 0.4) is 0 Å². The van der Waals surface area contributed by atoms with Crippen LogP contribution >= 0.6 is 0 Å². The first-order valence-electron chi connectivity index (χ1n) is 5.84. The largest absolute Gasteiger partial charge is 0.481 e. The van der Waals surface area contributed by atoms with E-state index in [1.807, 2.05) is 0 Å². The Morgan fingerprint density at radius 1 is 1.27 bits per heavy atom. The van der Waals surface area contributed by atoms with Gasteiger partial charge in [-0.1, -0.05) is 39.0 Å². The van der Waals surface area contributed by atoms with Crippen molar-refractivity contribution in [2.24, 2.45) is 11.8 Å². The maximum Gasteiger partial charge on any atom is 0.306 e. The Morgan fingerprint density at radius 3 is 2.40 bits per heavy atom. The van der Waals surface area contributed by atoms with Crippen LogP contribution in [0.4, 0.5) is 0 Å². The van der Waals surface area contributed by atoms with Gasteiger partial charge in [-0.15, -0.1) is 0 Å². The van der Waals surface area contributed by atoms with Crippen LogP contribution in [0.25, 0.3) is 0 Å². The van der Waals surface area contributed by atoms with Crippen molar-refractivity contribution < 1.29 is 14.7 Å². The normalized spacial score (nSPS) is 19.8. The number of carbonyl (C=O) groups excluding carboxylic acids is 1. The van der Waals surface area contributed by atoms with E-state index in [0.717, 1.165) is 12.8 Å². The van der Waals surface area contributed by atoms with E-state index in [1.165, 1.54) is 19.3 Å². The fraction of sp³-hybridized carbons (Fsp3) is 0.833. The molecular formula is C12H20O3. The van der Waals surface area contributed by atoms with E-state index < -0.39 is 11.9 Å². The Bertz CT molecular complexity index is 229. The number of carbonyl (C=O) groups is 2. The number of rotatable bonds is 5. The molecule has 1 atom stereocenters.